The van der Waals surface area contributed by atoms with E-state index in [0.717, 1.165) is 35.4 Å². The molecule has 0 bridgehead atoms. The summed E-state index contributed by atoms with van der Waals surface area (Å²) >= 11 is 1.68. The zero-order chi connectivity index (χ0) is 15.5. The predicted octanol–water partition coefficient (Wildman–Crippen LogP) is 2.44. The highest BCUT2D eigenvalue weighted by Gasteiger charge is 2.24. The first-order valence-corrected chi connectivity index (χ1v) is 8.75. The smallest absolute Gasteiger partial charge is 0.225 e. The van der Waals surface area contributed by atoms with Crippen LogP contribution >= 0.6 is 11.3 Å². The van der Waals surface area contributed by atoms with E-state index in [1.54, 1.807) is 17.7 Å². The van der Waals surface area contributed by atoms with Crippen molar-refractivity contribution in [1.82, 2.24) is 14.9 Å². The van der Waals surface area contributed by atoms with Crippen molar-refractivity contribution >= 4 is 21.6 Å². The standard InChI is InChI=1S/C16H24N4OS/c1-20(2)11-3-5-12(6-4-11)21-15-14-9-13(7-8-17)22-16(14)19-10-18-15/h9-12H,3-8,17H2,1-2H3. The molecule has 2 aromatic rings. The fourth-order valence-electron chi connectivity index (χ4n) is 3.08. The summed E-state index contributed by atoms with van der Waals surface area (Å²) in [5, 5.41) is 1.03. The first-order valence-electron chi connectivity index (χ1n) is 7.94. The maximum atomic E-state index is 6.19. The second kappa shape index (κ2) is 6.89. The summed E-state index contributed by atoms with van der Waals surface area (Å²) < 4.78 is 6.19. The molecule has 120 valence electrons. The molecular formula is C16H24N4OS. The molecule has 0 saturated heterocycles. The molecule has 2 heterocycles. The SMILES string of the molecule is CN(C)C1CCC(Oc2ncnc3sc(CCN)cc23)CC1. The molecule has 1 saturated carbocycles. The summed E-state index contributed by atoms with van der Waals surface area (Å²) in [6, 6.07) is 2.82. The van der Waals surface area contributed by atoms with Gasteiger partial charge in [-0.3, -0.25) is 0 Å². The molecule has 0 radical (unpaired) electrons. The van der Waals surface area contributed by atoms with Crippen LogP contribution in [0.5, 0.6) is 5.88 Å². The maximum absolute atomic E-state index is 6.19. The zero-order valence-corrected chi connectivity index (χ0v) is 14.1. The fraction of sp³-hybridized carbons (Fsp3) is 0.625. The van der Waals surface area contributed by atoms with E-state index in [2.05, 4.69) is 35.0 Å². The number of nitrogens with two attached hydrogens (primary N) is 1. The van der Waals surface area contributed by atoms with E-state index in [0.29, 0.717) is 12.6 Å². The van der Waals surface area contributed by atoms with Crippen molar-refractivity contribution < 1.29 is 4.74 Å². The van der Waals surface area contributed by atoms with Crippen molar-refractivity contribution in [1.29, 1.82) is 0 Å². The van der Waals surface area contributed by atoms with E-state index >= 15 is 0 Å². The molecule has 6 heteroatoms. The number of aromatic nitrogens is 2. The van der Waals surface area contributed by atoms with Gasteiger partial charge in [-0.1, -0.05) is 0 Å². The largest absolute Gasteiger partial charge is 0.474 e. The van der Waals surface area contributed by atoms with Gasteiger partial charge in [0.25, 0.3) is 0 Å². The molecular weight excluding hydrogens is 296 g/mol. The van der Waals surface area contributed by atoms with Gasteiger partial charge in [0.05, 0.1) is 5.39 Å². The fourth-order valence-corrected chi connectivity index (χ4v) is 4.08. The summed E-state index contributed by atoms with van der Waals surface area (Å²) in [4.78, 5) is 13.3. The minimum Gasteiger partial charge on any atom is -0.474 e. The van der Waals surface area contributed by atoms with E-state index in [1.165, 1.54) is 17.7 Å². The Kier molecular flexibility index (Phi) is 4.90. The average molecular weight is 320 g/mol. The van der Waals surface area contributed by atoms with Gasteiger partial charge in [-0.25, -0.2) is 9.97 Å². The lowest BCUT2D eigenvalue weighted by molar-refractivity contribution is 0.108. The van der Waals surface area contributed by atoms with Crippen LogP contribution in [0, 0.1) is 0 Å². The Hall–Kier alpha value is -1.24. The highest BCUT2D eigenvalue weighted by molar-refractivity contribution is 7.18. The predicted molar refractivity (Wildman–Crippen MR) is 90.5 cm³/mol. The van der Waals surface area contributed by atoms with Crippen LogP contribution in [0.1, 0.15) is 30.6 Å². The van der Waals surface area contributed by atoms with E-state index in [1.807, 2.05) is 0 Å². The molecule has 2 N–H and O–H groups in total. The number of ether oxygens (including phenoxy) is 1. The molecule has 5 nitrogen and oxygen atoms in total. The average Bonchev–Trinajstić information content (AvgIpc) is 2.92. The van der Waals surface area contributed by atoms with Gasteiger partial charge in [0.2, 0.25) is 5.88 Å². The molecule has 22 heavy (non-hydrogen) atoms. The molecule has 0 unspecified atom stereocenters. The van der Waals surface area contributed by atoms with E-state index < -0.39 is 0 Å². The summed E-state index contributed by atoms with van der Waals surface area (Å²) in [7, 11) is 4.31. The second-order valence-corrected chi connectivity index (χ2v) is 7.28. The molecule has 0 aromatic carbocycles. The van der Waals surface area contributed by atoms with Crippen LogP contribution in [-0.4, -0.2) is 47.7 Å². The molecule has 1 fully saturated rings. The first-order chi connectivity index (χ1) is 10.7. The van der Waals surface area contributed by atoms with Crippen LogP contribution in [0.3, 0.4) is 0 Å². The van der Waals surface area contributed by atoms with Gasteiger partial charge in [0.15, 0.2) is 0 Å². The number of nitrogens with zero attached hydrogens (tertiary/aromatic N) is 3. The summed E-state index contributed by atoms with van der Waals surface area (Å²) in [6.45, 7) is 0.658. The Bertz CT molecular complexity index is 620. The summed E-state index contributed by atoms with van der Waals surface area (Å²) in [5.41, 5.74) is 5.64. The van der Waals surface area contributed by atoms with Gasteiger partial charge in [-0.15, -0.1) is 11.3 Å². The highest BCUT2D eigenvalue weighted by Crippen LogP contribution is 2.32. The van der Waals surface area contributed by atoms with Gasteiger partial charge in [-0.2, -0.15) is 0 Å². The first kappa shape index (κ1) is 15.6. The van der Waals surface area contributed by atoms with Gasteiger partial charge in [0, 0.05) is 10.9 Å². The van der Waals surface area contributed by atoms with Crippen molar-refractivity contribution in [3.05, 3.63) is 17.3 Å². The Labute approximate surface area is 135 Å². The van der Waals surface area contributed by atoms with Crippen LogP contribution in [0.2, 0.25) is 0 Å². The van der Waals surface area contributed by atoms with Crippen molar-refractivity contribution in [2.75, 3.05) is 20.6 Å². The molecule has 1 aliphatic carbocycles. The molecule has 1 aliphatic rings. The van der Waals surface area contributed by atoms with Crippen LogP contribution in [0.4, 0.5) is 0 Å². The summed E-state index contributed by atoms with van der Waals surface area (Å²) in [6.07, 6.45) is 7.32. The number of rotatable bonds is 5. The molecule has 0 aliphatic heterocycles. The third kappa shape index (κ3) is 3.39. The minimum atomic E-state index is 0.271. The minimum absolute atomic E-state index is 0.271. The Morgan fingerprint density at radius 1 is 1.27 bits per heavy atom. The lowest BCUT2D eigenvalue weighted by Gasteiger charge is -2.32. The number of hydrogen-bond donors (Lipinski definition) is 1. The molecule has 3 rings (SSSR count). The third-order valence-electron chi connectivity index (χ3n) is 4.39. The lowest BCUT2D eigenvalue weighted by Crippen LogP contribution is -2.35. The van der Waals surface area contributed by atoms with Gasteiger partial charge in [0.1, 0.15) is 17.3 Å². The van der Waals surface area contributed by atoms with Crippen LogP contribution in [0.15, 0.2) is 12.4 Å². The summed E-state index contributed by atoms with van der Waals surface area (Å²) in [5.74, 6) is 0.734. The number of thiophene rings is 1. The number of fused-ring (bicyclic) bond motifs is 1. The zero-order valence-electron chi connectivity index (χ0n) is 13.3. The third-order valence-corrected chi connectivity index (χ3v) is 5.49. The Balaban J connectivity index is 1.71. The van der Waals surface area contributed by atoms with Crippen molar-refractivity contribution in [2.45, 2.75) is 44.2 Å². The van der Waals surface area contributed by atoms with Crippen LogP contribution in [0.25, 0.3) is 10.2 Å². The Morgan fingerprint density at radius 2 is 2.05 bits per heavy atom. The second-order valence-electron chi connectivity index (χ2n) is 6.16. The normalized spacial score (nSPS) is 22.4. The van der Waals surface area contributed by atoms with E-state index in [9.17, 15) is 0 Å². The quantitative estimate of drug-likeness (QED) is 0.917. The molecule has 0 amide bonds. The van der Waals surface area contributed by atoms with E-state index in [-0.39, 0.29) is 6.10 Å². The topological polar surface area (TPSA) is 64.3 Å². The van der Waals surface area contributed by atoms with Crippen LogP contribution < -0.4 is 10.5 Å². The molecule has 2 aromatic heterocycles. The highest BCUT2D eigenvalue weighted by atomic mass is 32.1. The van der Waals surface area contributed by atoms with E-state index in [4.69, 9.17) is 10.5 Å². The van der Waals surface area contributed by atoms with Gasteiger partial charge in [-0.05, 0) is 58.8 Å². The monoisotopic (exact) mass is 320 g/mol. The van der Waals surface area contributed by atoms with Crippen molar-refractivity contribution in [3.63, 3.8) is 0 Å². The Morgan fingerprint density at radius 3 is 2.73 bits per heavy atom. The maximum Gasteiger partial charge on any atom is 0.225 e. The van der Waals surface area contributed by atoms with Gasteiger partial charge >= 0.3 is 0 Å². The van der Waals surface area contributed by atoms with Crippen molar-refractivity contribution in [3.8, 4) is 5.88 Å². The van der Waals surface area contributed by atoms with Gasteiger partial charge < -0.3 is 15.4 Å². The van der Waals surface area contributed by atoms with Crippen LogP contribution in [-0.2, 0) is 6.42 Å². The molecule has 0 atom stereocenters. The molecule has 0 spiro atoms. The lowest BCUT2D eigenvalue weighted by atomic mass is 9.92. The number of hydrogen-bond acceptors (Lipinski definition) is 6. The van der Waals surface area contributed by atoms with Crippen molar-refractivity contribution in [2.24, 2.45) is 5.73 Å².